The second-order valence-corrected chi connectivity index (χ2v) is 14.3. The number of nitrogens with one attached hydrogen (secondary N) is 1. The largest absolute Gasteiger partial charge is 0.399 e. The zero-order chi connectivity index (χ0) is 37.5. The van der Waals surface area contributed by atoms with Gasteiger partial charge in [0, 0.05) is 33.6 Å². The van der Waals surface area contributed by atoms with Crippen LogP contribution in [0.15, 0.2) is 133 Å². The van der Waals surface area contributed by atoms with Crippen molar-refractivity contribution < 1.29 is 18.4 Å². The Hall–Kier alpha value is -5.81. The molecular formula is C42H31ClF2N4O2S2. The van der Waals surface area contributed by atoms with Gasteiger partial charge in [0.2, 0.25) is 0 Å². The Morgan fingerprint density at radius 1 is 0.604 bits per heavy atom. The van der Waals surface area contributed by atoms with Crippen LogP contribution in [-0.4, -0.2) is 21.1 Å². The Kier molecular flexibility index (Phi) is 11.6. The van der Waals surface area contributed by atoms with Gasteiger partial charge in [0.25, 0.3) is 11.1 Å². The summed E-state index contributed by atoms with van der Waals surface area (Å²) >= 11 is 8.46. The van der Waals surface area contributed by atoms with E-state index in [1.807, 2.05) is 54.6 Å². The third-order valence-electron chi connectivity index (χ3n) is 7.81. The lowest BCUT2D eigenvalue weighted by molar-refractivity contribution is 0.102. The van der Waals surface area contributed by atoms with Gasteiger partial charge >= 0.3 is 0 Å². The number of aromatic nitrogens is 2. The number of halogens is 3. The summed E-state index contributed by atoms with van der Waals surface area (Å²) in [6.07, 6.45) is 0. The van der Waals surface area contributed by atoms with Gasteiger partial charge in [-0.05, 0) is 158 Å². The molecule has 0 saturated heterocycles. The van der Waals surface area contributed by atoms with Gasteiger partial charge in [0.15, 0.2) is 0 Å². The zero-order valence-electron chi connectivity index (χ0n) is 28.4. The minimum absolute atomic E-state index is 0.270. The number of nitrogens with zero attached hydrogens (tertiary/aromatic N) is 2. The molecule has 53 heavy (non-hydrogen) atoms. The fourth-order valence-corrected chi connectivity index (χ4v) is 7.28. The first-order valence-corrected chi connectivity index (χ1v) is 18.2. The van der Waals surface area contributed by atoms with Crippen LogP contribution in [0, 0.1) is 25.5 Å². The molecule has 0 spiro atoms. The number of fused-ring (bicyclic) bond motifs is 2. The molecule has 11 heteroatoms. The number of nitrogen functional groups attached to an aromatic ring is 1. The van der Waals surface area contributed by atoms with E-state index < -0.39 is 5.24 Å². The van der Waals surface area contributed by atoms with Gasteiger partial charge in [-0.25, -0.2) is 18.7 Å². The Morgan fingerprint density at radius 3 is 1.49 bits per heavy atom. The van der Waals surface area contributed by atoms with E-state index in [2.05, 4.69) is 59.5 Å². The standard InChI is InChI=1S/C21H15FN2OS.C14H12N2S.C7H4ClFO/c1-13-2-11-18-19(12-13)26-21(24-18)15-5-9-17(10-6-15)23-20(25)14-3-7-16(22)8-4-14;1-9-2-7-12-13(8-9)17-14(16-12)10-3-5-11(15)6-4-10;8-7(10)5-1-3-6(9)4-2-5/h2-12H,1H3,(H,23,25);2-8H,15H2,1H3;1-4H. The van der Waals surface area contributed by atoms with Crippen LogP contribution in [-0.2, 0) is 0 Å². The molecule has 0 atom stereocenters. The van der Waals surface area contributed by atoms with Crippen LogP contribution < -0.4 is 11.1 Å². The third kappa shape index (κ3) is 9.75. The fraction of sp³-hybridized carbons (Fsp3) is 0.0476. The molecule has 2 heterocycles. The van der Waals surface area contributed by atoms with Crippen molar-refractivity contribution in [1.82, 2.24) is 9.97 Å². The molecular weight excluding hydrogens is 730 g/mol. The van der Waals surface area contributed by atoms with Gasteiger partial charge in [0.05, 0.1) is 20.4 Å². The Morgan fingerprint density at radius 2 is 1.04 bits per heavy atom. The smallest absolute Gasteiger partial charge is 0.255 e. The summed E-state index contributed by atoms with van der Waals surface area (Å²) in [7, 11) is 0. The normalized spacial score (nSPS) is 10.6. The number of benzene rings is 6. The zero-order valence-corrected chi connectivity index (χ0v) is 30.8. The molecule has 1 amide bonds. The maximum Gasteiger partial charge on any atom is 0.255 e. The Bertz CT molecular complexity index is 2520. The summed E-state index contributed by atoms with van der Waals surface area (Å²) in [6, 6.07) is 38.5. The maximum atomic E-state index is 12.9. The molecule has 0 bridgehead atoms. The maximum absolute atomic E-state index is 12.9. The molecule has 8 aromatic rings. The summed E-state index contributed by atoms with van der Waals surface area (Å²) in [5.74, 6) is -1.01. The number of anilines is 2. The number of aryl methyl sites for hydroxylation is 2. The number of amides is 1. The van der Waals surface area contributed by atoms with E-state index >= 15 is 0 Å². The summed E-state index contributed by atoms with van der Waals surface area (Å²) in [6.45, 7) is 4.17. The highest BCUT2D eigenvalue weighted by Crippen LogP contribution is 2.32. The number of carbonyl (C=O) groups is 2. The number of carbonyl (C=O) groups excluding carboxylic acids is 2. The first-order valence-electron chi connectivity index (χ1n) is 16.2. The number of hydrogen-bond donors (Lipinski definition) is 2. The highest BCUT2D eigenvalue weighted by atomic mass is 35.5. The number of thiazole rings is 2. The molecule has 0 aliphatic rings. The van der Waals surface area contributed by atoms with Crippen molar-refractivity contribution in [1.29, 1.82) is 0 Å². The van der Waals surface area contributed by atoms with Gasteiger partial charge in [-0.1, -0.05) is 12.1 Å². The van der Waals surface area contributed by atoms with Gasteiger partial charge < -0.3 is 11.1 Å². The van der Waals surface area contributed by atoms with E-state index in [1.165, 1.54) is 64.4 Å². The van der Waals surface area contributed by atoms with Gasteiger partial charge in [0.1, 0.15) is 21.6 Å². The van der Waals surface area contributed by atoms with E-state index in [9.17, 15) is 18.4 Å². The lowest BCUT2D eigenvalue weighted by Crippen LogP contribution is -2.11. The first kappa shape index (κ1) is 37.0. The van der Waals surface area contributed by atoms with Crippen molar-refractivity contribution in [3.8, 4) is 21.1 Å². The molecule has 0 unspecified atom stereocenters. The highest BCUT2D eigenvalue weighted by molar-refractivity contribution is 7.22. The molecule has 0 aliphatic heterocycles. The van der Waals surface area contributed by atoms with E-state index in [0.717, 1.165) is 42.6 Å². The molecule has 6 nitrogen and oxygen atoms in total. The van der Waals surface area contributed by atoms with Crippen LogP contribution in [0.5, 0.6) is 0 Å². The molecule has 0 fully saturated rings. The minimum atomic E-state index is -0.569. The summed E-state index contributed by atoms with van der Waals surface area (Å²) in [5.41, 5.74) is 14.5. The van der Waals surface area contributed by atoms with Gasteiger partial charge in [-0.3, -0.25) is 9.59 Å². The molecule has 3 N–H and O–H groups in total. The van der Waals surface area contributed by atoms with Crippen LogP contribution in [0.2, 0.25) is 0 Å². The van der Waals surface area contributed by atoms with Crippen LogP contribution >= 0.6 is 34.3 Å². The van der Waals surface area contributed by atoms with Gasteiger partial charge in [-0.2, -0.15) is 0 Å². The fourth-order valence-electron chi connectivity index (χ4n) is 5.02. The van der Waals surface area contributed by atoms with Gasteiger partial charge in [-0.15, -0.1) is 22.7 Å². The highest BCUT2D eigenvalue weighted by Gasteiger charge is 2.10. The SMILES string of the molecule is Cc1ccc2nc(-c3ccc(N)cc3)sc2c1.Cc1ccc2nc(-c3ccc(NC(=O)c4ccc(F)cc4)cc3)sc2c1.O=C(Cl)c1ccc(F)cc1. The number of hydrogen-bond acceptors (Lipinski definition) is 7. The predicted molar refractivity (Wildman–Crippen MR) is 215 cm³/mol. The van der Waals surface area contributed by atoms with Crippen molar-refractivity contribution >= 4 is 77.2 Å². The Labute approximate surface area is 317 Å². The summed E-state index contributed by atoms with van der Waals surface area (Å²) in [4.78, 5) is 31.9. The van der Waals surface area contributed by atoms with E-state index in [-0.39, 0.29) is 17.5 Å². The van der Waals surface area contributed by atoms with E-state index in [4.69, 9.17) is 17.3 Å². The molecule has 0 radical (unpaired) electrons. The molecule has 264 valence electrons. The van der Waals surface area contributed by atoms with Crippen molar-refractivity contribution in [2.45, 2.75) is 13.8 Å². The minimum Gasteiger partial charge on any atom is -0.399 e. The van der Waals surface area contributed by atoms with Crippen LogP contribution in [0.4, 0.5) is 20.2 Å². The average Bonchev–Trinajstić information content (AvgIpc) is 3.77. The van der Waals surface area contributed by atoms with Crippen molar-refractivity contribution in [2.75, 3.05) is 11.1 Å². The van der Waals surface area contributed by atoms with E-state index in [1.54, 1.807) is 22.7 Å². The molecule has 2 aromatic heterocycles. The lowest BCUT2D eigenvalue weighted by atomic mass is 10.2. The molecule has 8 rings (SSSR count). The third-order valence-corrected chi connectivity index (χ3v) is 10.2. The average molecular weight is 761 g/mol. The van der Waals surface area contributed by atoms with Crippen LogP contribution in [0.25, 0.3) is 41.6 Å². The summed E-state index contributed by atoms with van der Waals surface area (Å²) < 4.78 is 27.5. The van der Waals surface area contributed by atoms with Crippen molar-refractivity contribution in [3.05, 3.63) is 167 Å². The lowest BCUT2D eigenvalue weighted by Gasteiger charge is -2.06. The van der Waals surface area contributed by atoms with Crippen molar-refractivity contribution in [2.24, 2.45) is 0 Å². The van der Waals surface area contributed by atoms with Crippen LogP contribution in [0.1, 0.15) is 31.8 Å². The topological polar surface area (TPSA) is 98.0 Å². The first-order chi connectivity index (χ1) is 25.5. The van der Waals surface area contributed by atoms with Crippen LogP contribution in [0.3, 0.4) is 0 Å². The quantitative estimate of drug-likeness (QED) is 0.134. The molecule has 0 saturated carbocycles. The molecule has 0 aliphatic carbocycles. The van der Waals surface area contributed by atoms with Crippen molar-refractivity contribution in [3.63, 3.8) is 0 Å². The predicted octanol–water partition coefficient (Wildman–Crippen LogP) is 11.7. The van der Waals surface area contributed by atoms with E-state index in [0.29, 0.717) is 16.8 Å². The number of rotatable bonds is 5. The second-order valence-electron chi connectivity index (χ2n) is 11.9. The second kappa shape index (κ2) is 16.7. The number of nitrogens with two attached hydrogens (primary N) is 1. The molecule has 6 aromatic carbocycles. The monoisotopic (exact) mass is 760 g/mol. The Balaban J connectivity index is 0.000000152. The summed E-state index contributed by atoms with van der Waals surface area (Å²) in [5, 5.41) is 4.24.